The maximum atomic E-state index is 5.44. The maximum absolute atomic E-state index is 5.44. The molecule has 2 heteroatoms. The van der Waals surface area contributed by atoms with E-state index < -0.39 is 0 Å². The van der Waals surface area contributed by atoms with Gasteiger partial charge in [0.1, 0.15) is 5.75 Å². The standard InChI is InChI=1S/C17H21NO/c1-4-18-12-14-6-8-15(9-7-14)16-11-13(2)5-10-17(16)19-3/h5-11,18H,4,12H2,1-3H3. The van der Waals surface area contributed by atoms with E-state index in [1.54, 1.807) is 7.11 Å². The fourth-order valence-electron chi connectivity index (χ4n) is 2.12. The summed E-state index contributed by atoms with van der Waals surface area (Å²) in [6.45, 7) is 6.13. The molecule has 0 aliphatic heterocycles. The van der Waals surface area contributed by atoms with Crippen LogP contribution < -0.4 is 10.1 Å². The molecular weight excluding hydrogens is 234 g/mol. The van der Waals surface area contributed by atoms with Crippen molar-refractivity contribution in [1.82, 2.24) is 5.32 Å². The summed E-state index contributed by atoms with van der Waals surface area (Å²) in [6.07, 6.45) is 0. The zero-order chi connectivity index (χ0) is 13.7. The Morgan fingerprint density at radius 2 is 1.79 bits per heavy atom. The molecule has 2 aromatic carbocycles. The van der Waals surface area contributed by atoms with Crippen molar-refractivity contribution in [2.45, 2.75) is 20.4 Å². The largest absolute Gasteiger partial charge is 0.496 e. The second kappa shape index (κ2) is 6.39. The zero-order valence-corrected chi connectivity index (χ0v) is 11.9. The normalized spacial score (nSPS) is 10.5. The molecule has 0 fully saturated rings. The first-order chi connectivity index (χ1) is 9.24. The summed E-state index contributed by atoms with van der Waals surface area (Å²) >= 11 is 0. The van der Waals surface area contributed by atoms with E-state index in [2.05, 4.69) is 55.6 Å². The predicted molar refractivity (Wildman–Crippen MR) is 80.5 cm³/mol. The molecule has 0 bridgehead atoms. The van der Waals surface area contributed by atoms with Crippen LogP contribution in [0, 0.1) is 6.92 Å². The summed E-state index contributed by atoms with van der Waals surface area (Å²) < 4.78 is 5.44. The summed E-state index contributed by atoms with van der Waals surface area (Å²) in [5, 5.41) is 3.33. The van der Waals surface area contributed by atoms with E-state index in [0.717, 1.165) is 24.4 Å². The molecule has 0 aliphatic carbocycles. The van der Waals surface area contributed by atoms with Crippen molar-refractivity contribution < 1.29 is 4.74 Å². The van der Waals surface area contributed by atoms with Crippen molar-refractivity contribution >= 4 is 0 Å². The molecule has 0 spiro atoms. The van der Waals surface area contributed by atoms with E-state index in [4.69, 9.17) is 4.74 Å². The third-order valence-corrected chi connectivity index (χ3v) is 3.20. The minimum Gasteiger partial charge on any atom is -0.496 e. The van der Waals surface area contributed by atoms with Crippen LogP contribution in [-0.4, -0.2) is 13.7 Å². The van der Waals surface area contributed by atoms with Gasteiger partial charge in [-0.15, -0.1) is 0 Å². The number of benzene rings is 2. The highest BCUT2D eigenvalue weighted by molar-refractivity contribution is 5.71. The predicted octanol–water partition coefficient (Wildman–Crippen LogP) is 3.78. The highest BCUT2D eigenvalue weighted by atomic mass is 16.5. The molecule has 0 amide bonds. The van der Waals surface area contributed by atoms with Crippen molar-refractivity contribution in [3.8, 4) is 16.9 Å². The molecule has 100 valence electrons. The summed E-state index contributed by atoms with van der Waals surface area (Å²) in [5.41, 5.74) is 4.89. The summed E-state index contributed by atoms with van der Waals surface area (Å²) in [6, 6.07) is 14.9. The van der Waals surface area contributed by atoms with E-state index in [1.807, 2.05) is 6.07 Å². The highest BCUT2D eigenvalue weighted by Gasteiger charge is 2.05. The van der Waals surface area contributed by atoms with Crippen molar-refractivity contribution in [3.05, 3.63) is 53.6 Å². The molecule has 1 N–H and O–H groups in total. The van der Waals surface area contributed by atoms with Gasteiger partial charge >= 0.3 is 0 Å². The van der Waals surface area contributed by atoms with Gasteiger partial charge in [0.05, 0.1) is 7.11 Å². The molecule has 0 atom stereocenters. The van der Waals surface area contributed by atoms with Crippen LogP contribution >= 0.6 is 0 Å². The fraction of sp³-hybridized carbons (Fsp3) is 0.294. The van der Waals surface area contributed by atoms with Gasteiger partial charge in [-0.1, -0.05) is 42.8 Å². The minimum absolute atomic E-state index is 0.918. The van der Waals surface area contributed by atoms with Crippen LogP contribution in [0.2, 0.25) is 0 Å². The Bertz CT molecular complexity index is 531. The van der Waals surface area contributed by atoms with Crippen LogP contribution in [0.1, 0.15) is 18.1 Å². The number of rotatable bonds is 5. The summed E-state index contributed by atoms with van der Waals surface area (Å²) in [4.78, 5) is 0. The number of methoxy groups -OCH3 is 1. The lowest BCUT2D eigenvalue weighted by atomic mass is 10.0. The van der Waals surface area contributed by atoms with Crippen molar-refractivity contribution in [2.24, 2.45) is 0 Å². The first-order valence-electron chi connectivity index (χ1n) is 6.69. The first-order valence-corrected chi connectivity index (χ1v) is 6.69. The van der Waals surface area contributed by atoms with E-state index in [-0.39, 0.29) is 0 Å². The third-order valence-electron chi connectivity index (χ3n) is 3.20. The Labute approximate surface area is 115 Å². The molecule has 0 unspecified atom stereocenters. The van der Waals surface area contributed by atoms with Gasteiger partial charge in [0.15, 0.2) is 0 Å². The Hall–Kier alpha value is -1.80. The van der Waals surface area contributed by atoms with E-state index >= 15 is 0 Å². The van der Waals surface area contributed by atoms with E-state index in [1.165, 1.54) is 16.7 Å². The van der Waals surface area contributed by atoms with Gasteiger partial charge in [0, 0.05) is 12.1 Å². The highest BCUT2D eigenvalue weighted by Crippen LogP contribution is 2.30. The molecule has 0 aromatic heterocycles. The quantitative estimate of drug-likeness (QED) is 0.878. The van der Waals surface area contributed by atoms with Gasteiger partial charge in [-0.2, -0.15) is 0 Å². The average molecular weight is 255 g/mol. The smallest absolute Gasteiger partial charge is 0.126 e. The Balaban J connectivity index is 2.29. The lowest BCUT2D eigenvalue weighted by Gasteiger charge is -2.10. The van der Waals surface area contributed by atoms with Gasteiger partial charge in [0.2, 0.25) is 0 Å². The second-order valence-corrected chi connectivity index (χ2v) is 4.68. The number of hydrogen-bond acceptors (Lipinski definition) is 2. The van der Waals surface area contributed by atoms with E-state index in [0.29, 0.717) is 0 Å². The number of ether oxygens (including phenoxy) is 1. The Morgan fingerprint density at radius 1 is 1.05 bits per heavy atom. The molecule has 0 heterocycles. The van der Waals surface area contributed by atoms with Crippen LogP contribution in [0.5, 0.6) is 5.75 Å². The molecule has 2 nitrogen and oxygen atoms in total. The summed E-state index contributed by atoms with van der Waals surface area (Å²) in [5.74, 6) is 0.921. The first kappa shape index (κ1) is 13.6. The van der Waals surface area contributed by atoms with Crippen LogP contribution in [-0.2, 0) is 6.54 Å². The molecule has 0 saturated carbocycles. The number of aryl methyl sites for hydroxylation is 1. The second-order valence-electron chi connectivity index (χ2n) is 4.68. The van der Waals surface area contributed by atoms with Crippen LogP contribution in [0.4, 0.5) is 0 Å². The fourth-order valence-corrected chi connectivity index (χ4v) is 2.12. The van der Waals surface area contributed by atoms with E-state index in [9.17, 15) is 0 Å². The average Bonchev–Trinajstić information content (AvgIpc) is 2.45. The summed E-state index contributed by atoms with van der Waals surface area (Å²) in [7, 11) is 1.72. The number of hydrogen-bond donors (Lipinski definition) is 1. The molecule has 0 aliphatic rings. The molecule has 2 rings (SSSR count). The van der Waals surface area contributed by atoms with Gasteiger partial charge in [0.25, 0.3) is 0 Å². The topological polar surface area (TPSA) is 21.3 Å². The van der Waals surface area contributed by atoms with Gasteiger partial charge < -0.3 is 10.1 Å². The lowest BCUT2D eigenvalue weighted by Crippen LogP contribution is -2.11. The molecule has 2 aromatic rings. The molecular formula is C17H21NO. The van der Waals surface area contributed by atoms with Gasteiger partial charge in [-0.25, -0.2) is 0 Å². The van der Waals surface area contributed by atoms with Crippen LogP contribution in [0.25, 0.3) is 11.1 Å². The van der Waals surface area contributed by atoms with Crippen LogP contribution in [0.3, 0.4) is 0 Å². The van der Waals surface area contributed by atoms with Gasteiger partial charge in [-0.05, 0) is 36.7 Å². The SMILES string of the molecule is CCNCc1ccc(-c2cc(C)ccc2OC)cc1. The number of nitrogens with one attached hydrogen (secondary N) is 1. The molecule has 0 saturated heterocycles. The lowest BCUT2D eigenvalue weighted by molar-refractivity contribution is 0.416. The maximum Gasteiger partial charge on any atom is 0.126 e. The molecule has 19 heavy (non-hydrogen) atoms. The van der Waals surface area contributed by atoms with Crippen LogP contribution in [0.15, 0.2) is 42.5 Å². The van der Waals surface area contributed by atoms with Gasteiger partial charge in [-0.3, -0.25) is 0 Å². The van der Waals surface area contributed by atoms with Crippen molar-refractivity contribution in [1.29, 1.82) is 0 Å². The van der Waals surface area contributed by atoms with Crippen molar-refractivity contribution in [2.75, 3.05) is 13.7 Å². The minimum atomic E-state index is 0.918. The zero-order valence-electron chi connectivity index (χ0n) is 11.9. The third kappa shape index (κ3) is 3.36. The van der Waals surface area contributed by atoms with Crippen molar-refractivity contribution in [3.63, 3.8) is 0 Å². The Kier molecular flexibility index (Phi) is 4.58. The monoisotopic (exact) mass is 255 g/mol. The Morgan fingerprint density at radius 3 is 2.42 bits per heavy atom. The molecule has 0 radical (unpaired) electrons.